The van der Waals surface area contributed by atoms with Crippen LogP contribution in [0.1, 0.15) is 20.4 Å². The lowest BCUT2D eigenvalue weighted by Gasteiger charge is -2.00. The molecule has 0 unspecified atom stereocenters. The Hall–Kier alpha value is -1.24. The first-order valence-electron chi connectivity index (χ1n) is 5.13. The van der Waals surface area contributed by atoms with Crippen molar-refractivity contribution in [2.45, 2.75) is 13.0 Å². The molecule has 0 saturated carbocycles. The van der Waals surface area contributed by atoms with Crippen LogP contribution in [0.25, 0.3) is 0 Å². The Balaban J connectivity index is 1.81. The van der Waals surface area contributed by atoms with E-state index < -0.39 is 0 Å². The average molecular weight is 268 g/mol. The number of carbonyl (C=O) groups excluding carboxylic acids is 1. The van der Waals surface area contributed by atoms with Gasteiger partial charge in [0.15, 0.2) is 5.69 Å². The van der Waals surface area contributed by atoms with Crippen LogP contribution in [0.2, 0.25) is 0 Å². The van der Waals surface area contributed by atoms with Crippen LogP contribution in [0.3, 0.4) is 0 Å². The predicted octanol–water partition coefficient (Wildman–Crippen LogP) is 2.06. The molecular weight excluding hydrogens is 256 g/mol. The van der Waals surface area contributed by atoms with Crippen LogP contribution in [0.15, 0.2) is 22.9 Å². The van der Waals surface area contributed by atoms with E-state index in [2.05, 4.69) is 4.98 Å². The van der Waals surface area contributed by atoms with Crippen molar-refractivity contribution in [3.05, 3.63) is 38.5 Å². The van der Waals surface area contributed by atoms with Gasteiger partial charge in [-0.2, -0.15) is 0 Å². The molecule has 0 spiro atoms. The van der Waals surface area contributed by atoms with Gasteiger partial charge in [0.05, 0.1) is 6.61 Å². The van der Waals surface area contributed by atoms with Crippen LogP contribution in [-0.2, 0) is 17.7 Å². The highest BCUT2D eigenvalue weighted by Gasteiger charge is 2.11. The van der Waals surface area contributed by atoms with E-state index in [0.29, 0.717) is 18.8 Å². The summed E-state index contributed by atoms with van der Waals surface area (Å²) in [7, 11) is 0. The van der Waals surface area contributed by atoms with Crippen molar-refractivity contribution in [3.8, 4) is 0 Å². The summed E-state index contributed by atoms with van der Waals surface area (Å²) in [5.41, 5.74) is 5.77. The maximum atomic E-state index is 11.6. The Morgan fingerprint density at radius 3 is 3.00 bits per heavy atom. The number of ether oxygens (including phenoxy) is 1. The van der Waals surface area contributed by atoms with Crippen molar-refractivity contribution < 1.29 is 9.53 Å². The summed E-state index contributed by atoms with van der Waals surface area (Å²) >= 11 is 3.03. The third kappa shape index (κ3) is 3.36. The lowest BCUT2D eigenvalue weighted by molar-refractivity contribution is 0.0504. The Kier molecular flexibility index (Phi) is 4.24. The molecular formula is C11H12N2O2S2. The van der Waals surface area contributed by atoms with Crippen molar-refractivity contribution in [1.29, 1.82) is 0 Å². The molecule has 0 aliphatic rings. The molecule has 2 aromatic rings. The molecule has 6 heteroatoms. The minimum atomic E-state index is -0.377. The van der Waals surface area contributed by atoms with Gasteiger partial charge in [-0.25, -0.2) is 9.78 Å². The molecule has 0 saturated heterocycles. The topological polar surface area (TPSA) is 65.2 Å². The number of nitrogens with two attached hydrogens (primary N) is 1. The van der Waals surface area contributed by atoms with E-state index in [1.807, 2.05) is 17.5 Å². The first-order valence-corrected chi connectivity index (χ1v) is 6.89. The number of aromatic nitrogens is 1. The van der Waals surface area contributed by atoms with Crippen LogP contribution in [-0.4, -0.2) is 17.6 Å². The summed E-state index contributed by atoms with van der Waals surface area (Å²) in [6.45, 7) is 0.738. The number of thiazole rings is 1. The zero-order valence-electron chi connectivity index (χ0n) is 9.09. The normalized spacial score (nSPS) is 10.4. The molecule has 17 heavy (non-hydrogen) atoms. The SMILES string of the molecule is NCc1nc(C(=O)OCCc2cccs2)cs1. The molecule has 90 valence electrons. The van der Waals surface area contributed by atoms with E-state index in [1.54, 1.807) is 16.7 Å². The van der Waals surface area contributed by atoms with E-state index in [1.165, 1.54) is 16.2 Å². The summed E-state index contributed by atoms with van der Waals surface area (Å²) in [5.74, 6) is -0.377. The third-order valence-electron chi connectivity index (χ3n) is 2.10. The minimum absolute atomic E-state index is 0.349. The number of thiophene rings is 1. The van der Waals surface area contributed by atoms with Crippen LogP contribution in [0.5, 0.6) is 0 Å². The maximum absolute atomic E-state index is 11.6. The third-order valence-corrected chi connectivity index (χ3v) is 3.90. The molecule has 0 aromatic carbocycles. The largest absolute Gasteiger partial charge is 0.461 e. The smallest absolute Gasteiger partial charge is 0.357 e. The molecule has 0 radical (unpaired) electrons. The highest BCUT2D eigenvalue weighted by molar-refractivity contribution is 7.10. The molecule has 0 bridgehead atoms. The zero-order valence-corrected chi connectivity index (χ0v) is 10.7. The Morgan fingerprint density at radius 1 is 1.47 bits per heavy atom. The van der Waals surface area contributed by atoms with Gasteiger partial charge < -0.3 is 10.5 Å². The average Bonchev–Trinajstić information content (AvgIpc) is 2.99. The van der Waals surface area contributed by atoms with Gasteiger partial charge >= 0.3 is 5.97 Å². The lowest BCUT2D eigenvalue weighted by atomic mass is 10.4. The van der Waals surface area contributed by atoms with E-state index in [0.717, 1.165) is 11.4 Å². The molecule has 2 N–H and O–H groups in total. The summed E-state index contributed by atoms with van der Waals surface area (Å²) < 4.78 is 5.13. The molecule has 2 rings (SSSR count). The van der Waals surface area contributed by atoms with Crippen molar-refractivity contribution in [3.63, 3.8) is 0 Å². The van der Waals surface area contributed by atoms with Gasteiger partial charge in [0.2, 0.25) is 0 Å². The highest BCUT2D eigenvalue weighted by Crippen LogP contribution is 2.11. The van der Waals surface area contributed by atoms with Crippen LogP contribution in [0.4, 0.5) is 0 Å². The molecule has 2 aromatic heterocycles. The highest BCUT2D eigenvalue weighted by atomic mass is 32.1. The van der Waals surface area contributed by atoms with Crippen molar-refractivity contribution in [2.75, 3.05) is 6.61 Å². The molecule has 0 aliphatic carbocycles. The number of carbonyl (C=O) groups is 1. The Bertz CT molecular complexity index is 479. The summed E-state index contributed by atoms with van der Waals surface area (Å²) in [6, 6.07) is 4.00. The number of esters is 1. The van der Waals surface area contributed by atoms with Gasteiger partial charge in [-0.1, -0.05) is 6.07 Å². The summed E-state index contributed by atoms with van der Waals surface area (Å²) in [6.07, 6.45) is 0.747. The number of rotatable bonds is 5. The van der Waals surface area contributed by atoms with Crippen molar-refractivity contribution in [2.24, 2.45) is 5.73 Å². The van der Waals surface area contributed by atoms with Gasteiger partial charge in [0.1, 0.15) is 5.01 Å². The van der Waals surface area contributed by atoms with Crippen molar-refractivity contribution in [1.82, 2.24) is 4.98 Å². The van der Waals surface area contributed by atoms with Gasteiger partial charge in [0.25, 0.3) is 0 Å². The predicted molar refractivity (Wildman–Crippen MR) is 68.3 cm³/mol. The Morgan fingerprint density at radius 2 is 2.35 bits per heavy atom. The number of nitrogens with zero attached hydrogens (tertiary/aromatic N) is 1. The first kappa shape index (κ1) is 12.2. The Labute approximate surface area is 107 Å². The number of hydrogen-bond acceptors (Lipinski definition) is 6. The second-order valence-corrected chi connectivity index (χ2v) is 5.27. The molecule has 0 amide bonds. The molecule has 2 heterocycles. The molecule has 0 atom stereocenters. The van der Waals surface area contributed by atoms with Crippen LogP contribution in [0, 0.1) is 0 Å². The molecule has 0 aliphatic heterocycles. The fourth-order valence-electron chi connectivity index (χ4n) is 1.27. The van der Waals surface area contributed by atoms with Gasteiger partial charge in [-0.15, -0.1) is 22.7 Å². The maximum Gasteiger partial charge on any atom is 0.357 e. The quantitative estimate of drug-likeness (QED) is 0.843. The molecule has 4 nitrogen and oxygen atoms in total. The van der Waals surface area contributed by atoms with E-state index >= 15 is 0 Å². The summed E-state index contributed by atoms with van der Waals surface area (Å²) in [5, 5.41) is 4.43. The monoisotopic (exact) mass is 268 g/mol. The van der Waals surface area contributed by atoms with Gasteiger partial charge in [-0.3, -0.25) is 0 Å². The fraction of sp³-hybridized carbons (Fsp3) is 0.273. The van der Waals surface area contributed by atoms with Gasteiger partial charge in [0, 0.05) is 23.2 Å². The minimum Gasteiger partial charge on any atom is -0.461 e. The van der Waals surface area contributed by atoms with Crippen LogP contribution < -0.4 is 5.73 Å². The van der Waals surface area contributed by atoms with Crippen LogP contribution >= 0.6 is 22.7 Å². The van der Waals surface area contributed by atoms with E-state index in [-0.39, 0.29) is 5.97 Å². The number of hydrogen-bond donors (Lipinski definition) is 1. The summed E-state index contributed by atoms with van der Waals surface area (Å²) in [4.78, 5) is 16.9. The van der Waals surface area contributed by atoms with Gasteiger partial charge in [-0.05, 0) is 11.4 Å². The van der Waals surface area contributed by atoms with E-state index in [9.17, 15) is 4.79 Å². The second kappa shape index (κ2) is 5.90. The second-order valence-electron chi connectivity index (χ2n) is 3.30. The molecule has 0 fully saturated rings. The standard InChI is InChI=1S/C11H12N2O2S2/c12-6-10-13-9(7-17-10)11(14)15-4-3-8-2-1-5-16-8/h1-2,5,7H,3-4,6,12H2. The van der Waals surface area contributed by atoms with Crippen molar-refractivity contribution >= 4 is 28.6 Å². The first-order chi connectivity index (χ1) is 8.29. The lowest BCUT2D eigenvalue weighted by Crippen LogP contribution is -2.08. The van der Waals surface area contributed by atoms with E-state index in [4.69, 9.17) is 10.5 Å². The fourth-order valence-corrected chi connectivity index (χ4v) is 2.61. The zero-order chi connectivity index (χ0) is 12.1.